The highest BCUT2D eigenvalue weighted by atomic mass is 16.5. The van der Waals surface area contributed by atoms with Crippen LogP contribution in [0.25, 0.3) is 0 Å². The summed E-state index contributed by atoms with van der Waals surface area (Å²) in [6.07, 6.45) is 0. The standard InChI is InChI=1S/C17H27N3O3/c1-18-7-10-20(11-8-18)12-9-19(2)13-14-23-16-5-3-15(4-6-16)17(21)22/h3-6H,7-14H2,1-2H3,(H,21,22). The first-order valence-corrected chi connectivity index (χ1v) is 8.10. The Bertz CT molecular complexity index is 484. The van der Waals surface area contributed by atoms with Crippen LogP contribution in [0.1, 0.15) is 10.4 Å². The second-order valence-electron chi connectivity index (χ2n) is 6.13. The molecule has 23 heavy (non-hydrogen) atoms. The van der Waals surface area contributed by atoms with E-state index < -0.39 is 5.97 Å². The van der Waals surface area contributed by atoms with Gasteiger partial charge in [-0.3, -0.25) is 4.90 Å². The zero-order valence-corrected chi connectivity index (χ0v) is 14.1. The van der Waals surface area contributed by atoms with Gasteiger partial charge in [-0.1, -0.05) is 0 Å². The Morgan fingerprint density at radius 3 is 2.43 bits per heavy atom. The number of benzene rings is 1. The van der Waals surface area contributed by atoms with Crippen LogP contribution in [0.5, 0.6) is 5.75 Å². The molecule has 0 bridgehead atoms. The molecule has 1 heterocycles. The number of nitrogens with zero attached hydrogens (tertiary/aromatic N) is 3. The lowest BCUT2D eigenvalue weighted by Crippen LogP contribution is -2.46. The highest BCUT2D eigenvalue weighted by molar-refractivity contribution is 5.87. The monoisotopic (exact) mass is 321 g/mol. The quantitative estimate of drug-likeness (QED) is 0.769. The van der Waals surface area contributed by atoms with Crippen LogP contribution in [-0.4, -0.2) is 92.3 Å². The molecule has 6 heteroatoms. The van der Waals surface area contributed by atoms with Gasteiger partial charge in [-0.2, -0.15) is 0 Å². The summed E-state index contributed by atoms with van der Waals surface area (Å²) in [6, 6.07) is 6.53. The summed E-state index contributed by atoms with van der Waals surface area (Å²) in [5.41, 5.74) is 0.279. The third-order valence-electron chi connectivity index (χ3n) is 4.24. The van der Waals surface area contributed by atoms with Crippen molar-refractivity contribution in [3.05, 3.63) is 29.8 Å². The number of carboxylic acid groups (broad SMARTS) is 1. The van der Waals surface area contributed by atoms with Gasteiger partial charge in [0.2, 0.25) is 0 Å². The molecule has 1 aliphatic rings. The summed E-state index contributed by atoms with van der Waals surface area (Å²) in [7, 11) is 4.27. The molecule has 1 aromatic rings. The summed E-state index contributed by atoms with van der Waals surface area (Å²) in [5, 5.41) is 8.85. The highest BCUT2D eigenvalue weighted by Crippen LogP contribution is 2.12. The molecule has 6 nitrogen and oxygen atoms in total. The highest BCUT2D eigenvalue weighted by Gasteiger charge is 2.13. The number of aromatic carboxylic acids is 1. The molecule has 0 amide bonds. The van der Waals surface area contributed by atoms with E-state index in [1.807, 2.05) is 0 Å². The van der Waals surface area contributed by atoms with Crippen molar-refractivity contribution in [2.75, 3.05) is 66.5 Å². The number of hydrogen-bond donors (Lipinski definition) is 1. The van der Waals surface area contributed by atoms with E-state index >= 15 is 0 Å². The molecule has 1 N–H and O–H groups in total. The Labute approximate surface area is 138 Å². The minimum atomic E-state index is -0.916. The van der Waals surface area contributed by atoms with Gasteiger partial charge in [0.1, 0.15) is 12.4 Å². The third-order valence-corrected chi connectivity index (χ3v) is 4.24. The first-order chi connectivity index (χ1) is 11.0. The van der Waals surface area contributed by atoms with Crippen molar-refractivity contribution in [1.82, 2.24) is 14.7 Å². The Morgan fingerprint density at radius 2 is 1.83 bits per heavy atom. The predicted octanol–water partition coefficient (Wildman–Crippen LogP) is 0.943. The van der Waals surface area contributed by atoms with Crippen molar-refractivity contribution < 1.29 is 14.6 Å². The molecule has 128 valence electrons. The van der Waals surface area contributed by atoms with Gasteiger partial charge in [-0.25, -0.2) is 4.79 Å². The molecule has 1 fully saturated rings. The number of rotatable bonds is 8. The fourth-order valence-electron chi connectivity index (χ4n) is 2.51. The fraction of sp³-hybridized carbons (Fsp3) is 0.588. The van der Waals surface area contributed by atoms with Crippen molar-refractivity contribution >= 4 is 5.97 Å². The third kappa shape index (κ3) is 6.17. The summed E-state index contributed by atoms with van der Waals surface area (Å²) in [5.74, 6) is -0.206. The van der Waals surface area contributed by atoms with Gasteiger partial charge in [-0.05, 0) is 38.4 Å². The number of piperazine rings is 1. The van der Waals surface area contributed by atoms with E-state index in [1.165, 1.54) is 0 Å². The Kier molecular flexibility index (Phi) is 6.83. The van der Waals surface area contributed by atoms with Crippen molar-refractivity contribution in [1.29, 1.82) is 0 Å². The summed E-state index contributed by atoms with van der Waals surface area (Å²) in [4.78, 5) is 17.9. The summed E-state index contributed by atoms with van der Waals surface area (Å²) >= 11 is 0. The molecule has 0 atom stereocenters. The van der Waals surface area contributed by atoms with Crippen LogP contribution in [0.3, 0.4) is 0 Å². The second kappa shape index (κ2) is 8.86. The van der Waals surface area contributed by atoms with E-state index in [-0.39, 0.29) is 5.56 Å². The lowest BCUT2D eigenvalue weighted by atomic mass is 10.2. The van der Waals surface area contributed by atoms with E-state index in [0.717, 1.165) is 45.8 Å². The molecule has 0 aliphatic carbocycles. The number of likely N-dealkylation sites (N-methyl/N-ethyl adjacent to an activating group) is 2. The second-order valence-corrected chi connectivity index (χ2v) is 6.13. The smallest absolute Gasteiger partial charge is 0.335 e. The van der Waals surface area contributed by atoms with Crippen LogP contribution in [0, 0.1) is 0 Å². The molecule has 1 aromatic carbocycles. The molecule has 0 unspecified atom stereocenters. The molecule has 0 aromatic heterocycles. The normalized spacial score (nSPS) is 16.7. The number of hydrogen-bond acceptors (Lipinski definition) is 5. The average Bonchev–Trinajstić information content (AvgIpc) is 2.55. The molecule has 1 aliphatic heterocycles. The largest absolute Gasteiger partial charge is 0.492 e. The van der Waals surface area contributed by atoms with Gasteiger partial charge < -0.3 is 19.6 Å². The van der Waals surface area contributed by atoms with Crippen molar-refractivity contribution in [3.8, 4) is 5.75 Å². The first-order valence-electron chi connectivity index (χ1n) is 8.10. The maximum absolute atomic E-state index is 10.8. The molecular weight excluding hydrogens is 294 g/mol. The van der Waals surface area contributed by atoms with Crippen LogP contribution in [0.2, 0.25) is 0 Å². The molecule has 2 rings (SSSR count). The summed E-state index contributed by atoms with van der Waals surface area (Å²) < 4.78 is 5.66. The van der Waals surface area contributed by atoms with E-state index in [1.54, 1.807) is 24.3 Å². The summed E-state index contributed by atoms with van der Waals surface area (Å²) in [6.45, 7) is 8.19. The van der Waals surface area contributed by atoms with Crippen LogP contribution in [-0.2, 0) is 0 Å². The van der Waals surface area contributed by atoms with Crippen LogP contribution in [0.15, 0.2) is 24.3 Å². The van der Waals surface area contributed by atoms with E-state index in [0.29, 0.717) is 12.4 Å². The maximum atomic E-state index is 10.8. The average molecular weight is 321 g/mol. The predicted molar refractivity (Wildman–Crippen MR) is 90.3 cm³/mol. The molecule has 0 spiro atoms. The maximum Gasteiger partial charge on any atom is 0.335 e. The number of ether oxygens (including phenoxy) is 1. The Hall–Kier alpha value is -1.63. The van der Waals surface area contributed by atoms with E-state index in [9.17, 15) is 4.79 Å². The van der Waals surface area contributed by atoms with Crippen LogP contribution >= 0.6 is 0 Å². The minimum Gasteiger partial charge on any atom is -0.492 e. The van der Waals surface area contributed by atoms with Gasteiger partial charge in [0.15, 0.2) is 0 Å². The molecule has 0 radical (unpaired) electrons. The lowest BCUT2D eigenvalue weighted by Gasteiger charge is -2.33. The minimum absolute atomic E-state index is 0.279. The van der Waals surface area contributed by atoms with Crippen molar-refractivity contribution in [2.24, 2.45) is 0 Å². The van der Waals surface area contributed by atoms with Gasteiger partial charge in [0.25, 0.3) is 0 Å². The van der Waals surface area contributed by atoms with Gasteiger partial charge in [0, 0.05) is 45.8 Å². The van der Waals surface area contributed by atoms with Crippen molar-refractivity contribution in [2.45, 2.75) is 0 Å². The Morgan fingerprint density at radius 1 is 1.17 bits per heavy atom. The SMILES string of the molecule is CN(CCOc1ccc(C(=O)O)cc1)CCN1CCN(C)CC1. The van der Waals surface area contributed by atoms with Crippen LogP contribution < -0.4 is 4.74 Å². The number of carboxylic acids is 1. The van der Waals surface area contributed by atoms with E-state index in [2.05, 4.69) is 28.8 Å². The molecular formula is C17H27N3O3. The zero-order chi connectivity index (χ0) is 16.7. The van der Waals surface area contributed by atoms with Gasteiger partial charge in [-0.15, -0.1) is 0 Å². The molecule has 1 saturated heterocycles. The van der Waals surface area contributed by atoms with Gasteiger partial charge in [0.05, 0.1) is 5.56 Å². The lowest BCUT2D eigenvalue weighted by molar-refractivity contribution is 0.0697. The Balaban J connectivity index is 1.60. The van der Waals surface area contributed by atoms with E-state index in [4.69, 9.17) is 9.84 Å². The zero-order valence-electron chi connectivity index (χ0n) is 14.1. The van der Waals surface area contributed by atoms with Crippen LogP contribution in [0.4, 0.5) is 0 Å². The number of carbonyl (C=O) groups is 1. The topological polar surface area (TPSA) is 56.2 Å². The first kappa shape index (κ1) is 17.7. The molecule has 0 saturated carbocycles. The fourth-order valence-corrected chi connectivity index (χ4v) is 2.51. The van der Waals surface area contributed by atoms with Crippen molar-refractivity contribution in [3.63, 3.8) is 0 Å². The van der Waals surface area contributed by atoms with Gasteiger partial charge >= 0.3 is 5.97 Å².